The predicted octanol–water partition coefficient (Wildman–Crippen LogP) is 4.86. The van der Waals surface area contributed by atoms with E-state index in [0.29, 0.717) is 65.4 Å². The number of carbonyl (C=O) groups excluding carboxylic acids is 1. The second-order valence-corrected chi connectivity index (χ2v) is 12.0. The molecule has 10 nitrogen and oxygen atoms in total. The Hall–Kier alpha value is -4.32. The highest BCUT2D eigenvalue weighted by Crippen LogP contribution is 2.42. The van der Waals surface area contributed by atoms with E-state index in [1.165, 1.54) is 4.40 Å². The highest BCUT2D eigenvalue weighted by atomic mass is 35.5. The molecule has 2 aromatic carbocycles. The second kappa shape index (κ2) is 14.6. The predicted molar refractivity (Wildman–Crippen MR) is 184 cm³/mol. The highest BCUT2D eigenvalue weighted by molar-refractivity contribution is 6.39. The standard InChI is InChI=1S/C35H34Cl2N6O4/c1-47-34-22(17-39-20-24-9-11-31(45)41-24)8-10-29(42-34)28-7-3-6-27(33(28)37)26-5-2-4-25(32(26)36)21-12-14-43-30(16-21)40-19-23(35(43)46)18-38-13-15-44/h2-8,10,12,14,16,19,24,38-39,44H,9,11,13,15,17-18,20H2,1H3,(H,41,45)/t24-/m1/s1. The van der Waals surface area contributed by atoms with Crippen LogP contribution in [0.4, 0.5) is 0 Å². The first kappa shape index (κ1) is 32.6. The molecule has 6 rings (SSSR count). The zero-order valence-corrected chi connectivity index (χ0v) is 27.2. The largest absolute Gasteiger partial charge is 0.481 e. The maximum atomic E-state index is 13.0. The van der Waals surface area contributed by atoms with E-state index in [9.17, 15) is 9.59 Å². The molecular weight excluding hydrogens is 639 g/mol. The molecule has 47 heavy (non-hydrogen) atoms. The van der Waals surface area contributed by atoms with Crippen molar-refractivity contribution in [3.05, 3.63) is 105 Å². The van der Waals surface area contributed by atoms with Crippen LogP contribution in [0.5, 0.6) is 5.88 Å². The number of fused-ring (bicyclic) bond motifs is 1. The van der Waals surface area contributed by atoms with Crippen LogP contribution in [-0.4, -0.2) is 58.2 Å². The Morgan fingerprint density at radius 2 is 1.68 bits per heavy atom. The topological polar surface area (TPSA) is 130 Å². The van der Waals surface area contributed by atoms with Crippen LogP contribution in [0.15, 0.2) is 77.9 Å². The lowest BCUT2D eigenvalue weighted by Crippen LogP contribution is -2.35. The summed E-state index contributed by atoms with van der Waals surface area (Å²) in [5.41, 5.74) is 6.17. The smallest absolute Gasteiger partial charge is 0.262 e. The fourth-order valence-corrected chi connectivity index (χ4v) is 6.41. The maximum Gasteiger partial charge on any atom is 0.262 e. The van der Waals surface area contributed by atoms with Crippen molar-refractivity contribution in [2.45, 2.75) is 32.0 Å². The number of rotatable bonds is 12. The van der Waals surface area contributed by atoms with Gasteiger partial charge in [0.15, 0.2) is 0 Å². The van der Waals surface area contributed by atoms with Gasteiger partial charge in [0.05, 0.1) is 29.5 Å². The number of aliphatic hydroxyl groups is 1. The molecule has 242 valence electrons. The van der Waals surface area contributed by atoms with Gasteiger partial charge in [-0.3, -0.25) is 14.0 Å². The number of benzene rings is 2. The molecule has 3 aromatic heterocycles. The van der Waals surface area contributed by atoms with Gasteiger partial charge in [-0.2, -0.15) is 0 Å². The Bertz CT molecular complexity index is 2000. The number of halogens is 2. The van der Waals surface area contributed by atoms with Gasteiger partial charge in [0, 0.05) is 84.4 Å². The molecule has 0 saturated carbocycles. The Morgan fingerprint density at radius 1 is 0.957 bits per heavy atom. The summed E-state index contributed by atoms with van der Waals surface area (Å²) in [5, 5.41) is 19.4. The SMILES string of the molecule is COc1nc(-c2cccc(-c3cccc(-c4ccn5c(=O)c(CNCCO)cnc5c4)c3Cl)c2Cl)ccc1CNC[C@H]1CCC(=O)N1. The van der Waals surface area contributed by atoms with E-state index in [1.807, 2.05) is 60.7 Å². The van der Waals surface area contributed by atoms with E-state index in [2.05, 4.69) is 20.9 Å². The quantitative estimate of drug-likeness (QED) is 0.138. The summed E-state index contributed by atoms with van der Waals surface area (Å²) >= 11 is 14.1. The minimum absolute atomic E-state index is 0.0114. The van der Waals surface area contributed by atoms with Crippen molar-refractivity contribution in [1.82, 2.24) is 30.3 Å². The number of hydrogen-bond acceptors (Lipinski definition) is 8. The number of pyridine rings is 2. The van der Waals surface area contributed by atoms with Gasteiger partial charge in [-0.25, -0.2) is 9.97 Å². The third-order valence-electron chi connectivity index (χ3n) is 8.18. The summed E-state index contributed by atoms with van der Waals surface area (Å²) in [4.78, 5) is 33.7. The minimum Gasteiger partial charge on any atom is -0.481 e. The highest BCUT2D eigenvalue weighted by Gasteiger charge is 2.21. The normalized spacial score (nSPS) is 14.5. The fraction of sp³-hybridized carbons (Fsp3) is 0.257. The van der Waals surface area contributed by atoms with Crippen molar-refractivity contribution in [3.63, 3.8) is 0 Å². The van der Waals surface area contributed by atoms with Gasteiger partial charge in [0.25, 0.3) is 5.56 Å². The lowest BCUT2D eigenvalue weighted by molar-refractivity contribution is -0.119. The molecule has 0 aliphatic carbocycles. The number of carbonyl (C=O) groups is 1. The number of nitrogens with zero attached hydrogens (tertiary/aromatic N) is 3. The van der Waals surface area contributed by atoms with Crippen LogP contribution < -0.4 is 26.2 Å². The Morgan fingerprint density at radius 3 is 2.40 bits per heavy atom. The number of ether oxygens (including phenoxy) is 1. The van der Waals surface area contributed by atoms with Crippen molar-refractivity contribution in [3.8, 4) is 39.4 Å². The molecule has 1 fully saturated rings. The number of hydrogen-bond donors (Lipinski definition) is 4. The first-order chi connectivity index (χ1) is 22.9. The fourth-order valence-electron chi connectivity index (χ4n) is 5.75. The van der Waals surface area contributed by atoms with Crippen LogP contribution >= 0.6 is 23.2 Å². The first-order valence-corrected chi connectivity index (χ1v) is 16.1. The number of aliphatic hydroxyl groups excluding tert-OH is 1. The molecule has 12 heteroatoms. The number of amides is 1. The van der Waals surface area contributed by atoms with Gasteiger partial charge in [-0.1, -0.05) is 65.7 Å². The first-order valence-electron chi connectivity index (χ1n) is 15.3. The molecule has 1 amide bonds. The molecule has 0 spiro atoms. The van der Waals surface area contributed by atoms with E-state index >= 15 is 0 Å². The molecule has 1 aliphatic rings. The van der Waals surface area contributed by atoms with Crippen LogP contribution in [0.25, 0.3) is 39.2 Å². The Balaban J connectivity index is 1.26. The Kier molecular flexibility index (Phi) is 10.1. The third-order valence-corrected chi connectivity index (χ3v) is 9.00. The molecule has 1 saturated heterocycles. The molecule has 0 unspecified atom stereocenters. The molecule has 4 N–H and O–H groups in total. The summed E-state index contributed by atoms with van der Waals surface area (Å²) in [6, 6.07) is 19.2. The van der Waals surface area contributed by atoms with E-state index in [1.54, 1.807) is 19.5 Å². The van der Waals surface area contributed by atoms with Gasteiger partial charge in [-0.15, -0.1) is 0 Å². The summed E-state index contributed by atoms with van der Waals surface area (Å²) in [6.07, 6.45) is 4.64. The van der Waals surface area contributed by atoms with Crippen LogP contribution in [0.2, 0.25) is 10.0 Å². The number of aromatic nitrogens is 3. The van der Waals surface area contributed by atoms with Gasteiger partial charge >= 0.3 is 0 Å². The Labute approximate surface area is 281 Å². The average molecular weight is 674 g/mol. The van der Waals surface area contributed by atoms with Gasteiger partial charge in [-0.05, 0) is 30.2 Å². The van der Waals surface area contributed by atoms with Gasteiger partial charge < -0.3 is 25.8 Å². The molecule has 0 bridgehead atoms. The number of nitrogens with one attached hydrogen (secondary N) is 3. The molecule has 5 aromatic rings. The molecule has 1 aliphatic heterocycles. The van der Waals surface area contributed by atoms with E-state index in [0.717, 1.165) is 39.8 Å². The van der Waals surface area contributed by atoms with Gasteiger partial charge in [0.2, 0.25) is 11.8 Å². The van der Waals surface area contributed by atoms with Crippen LogP contribution in [0, 0.1) is 0 Å². The minimum atomic E-state index is -0.177. The van der Waals surface area contributed by atoms with Crippen LogP contribution in [0.1, 0.15) is 24.0 Å². The second-order valence-electron chi connectivity index (χ2n) is 11.3. The summed E-state index contributed by atoms with van der Waals surface area (Å²) in [6.45, 7) is 1.91. The van der Waals surface area contributed by atoms with Crippen molar-refractivity contribution in [2.24, 2.45) is 0 Å². The summed E-state index contributed by atoms with van der Waals surface area (Å²) in [5.74, 6) is 0.583. The van der Waals surface area contributed by atoms with Crippen molar-refractivity contribution in [2.75, 3.05) is 26.8 Å². The van der Waals surface area contributed by atoms with E-state index in [4.69, 9.17) is 38.0 Å². The monoisotopic (exact) mass is 672 g/mol. The van der Waals surface area contributed by atoms with Gasteiger partial charge in [0.1, 0.15) is 5.65 Å². The van der Waals surface area contributed by atoms with Crippen molar-refractivity contribution >= 4 is 34.8 Å². The van der Waals surface area contributed by atoms with Crippen LogP contribution in [0.3, 0.4) is 0 Å². The molecular formula is C35H34Cl2N6O4. The molecule has 0 radical (unpaired) electrons. The zero-order valence-electron chi connectivity index (χ0n) is 25.7. The third kappa shape index (κ3) is 7.02. The average Bonchev–Trinajstić information content (AvgIpc) is 3.51. The van der Waals surface area contributed by atoms with Crippen molar-refractivity contribution < 1.29 is 14.6 Å². The molecule has 4 heterocycles. The summed E-state index contributed by atoms with van der Waals surface area (Å²) < 4.78 is 7.12. The lowest BCUT2D eigenvalue weighted by Gasteiger charge is -2.16. The summed E-state index contributed by atoms with van der Waals surface area (Å²) in [7, 11) is 1.59. The van der Waals surface area contributed by atoms with Crippen LogP contribution in [-0.2, 0) is 17.9 Å². The van der Waals surface area contributed by atoms with E-state index in [-0.39, 0.29) is 24.1 Å². The van der Waals surface area contributed by atoms with E-state index < -0.39 is 0 Å². The zero-order chi connectivity index (χ0) is 32.9. The molecule has 1 atom stereocenters. The maximum absolute atomic E-state index is 13.0. The lowest BCUT2D eigenvalue weighted by atomic mass is 9.97. The number of methoxy groups -OCH3 is 1. The van der Waals surface area contributed by atoms with Crippen molar-refractivity contribution in [1.29, 1.82) is 0 Å².